The largest absolute Gasteiger partial charge is 0.478 e. The fourth-order valence-corrected chi connectivity index (χ4v) is 1.20. The molecule has 0 aromatic carbocycles. The Morgan fingerprint density at radius 3 is 2.77 bits per heavy atom. The minimum Gasteiger partial charge on any atom is -0.478 e. The number of aromatic carboxylic acids is 1. The van der Waals surface area contributed by atoms with Crippen molar-refractivity contribution in [3.8, 4) is 0 Å². The van der Waals surface area contributed by atoms with E-state index in [0.717, 1.165) is 0 Å². The molecule has 0 aliphatic heterocycles. The lowest BCUT2D eigenvalue weighted by molar-refractivity contribution is 0.0694. The standard InChI is InChI=1S/C8H10N2O2S/c1-4(2)6-5(7(11)12)3-9-8(13)10-6/h3-4H,1-2H3,(H,11,12)(H,9,10,13). The Bertz CT molecular complexity index is 384. The highest BCUT2D eigenvalue weighted by Crippen LogP contribution is 2.15. The van der Waals surface area contributed by atoms with Gasteiger partial charge in [0.15, 0.2) is 4.77 Å². The number of hydrogen-bond donors (Lipinski definition) is 2. The van der Waals surface area contributed by atoms with Crippen molar-refractivity contribution in [2.24, 2.45) is 0 Å². The summed E-state index contributed by atoms with van der Waals surface area (Å²) in [5, 5.41) is 8.81. The van der Waals surface area contributed by atoms with Crippen molar-refractivity contribution >= 4 is 18.2 Å². The van der Waals surface area contributed by atoms with Crippen molar-refractivity contribution in [3.63, 3.8) is 0 Å². The number of carbonyl (C=O) groups is 1. The first-order chi connectivity index (χ1) is 6.02. The summed E-state index contributed by atoms with van der Waals surface area (Å²) in [6.07, 6.45) is 1.29. The smallest absolute Gasteiger partial charge is 0.339 e. The molecule has 1 aromatic rings. The summed E-state index contributed by atoms with van der Waals surface area (Å²) in [4.78, 5) is 17.2. The molecule has 0 bridgehead atoms. The van der Waals surface area contributed by atoms with E-state index in [9.17, 15) is 4.79 Å². The Balaban J connectivity index is 3.35. The highest BCUT2D eigenvalue weighted by Gasteiger charge is 2.13. The minimum absolute atomic E-state index is 0.0933. The lowest BCUT2D eigenvalue weighted by Gasteiger charge is -2.07. The molecule has 1 rings (SSSR count). The third-order valence-corrected chi connectivity index (χ3v) is 1.86. The molecule has 0 fully saturated rings. The second-order valence-corrected chi connectivity index (χ2v) is 3.36. The van der Waals surface area contributed by atoms with Gasteiger partial charge in [0, 0.05) is 11.9 Å². The van der Waals surface area contributed by atoms with Gasteiger partial charge in [-0.05, 0) is 18.1 Å². The van der Waals surface area contributed by atoms with Gasteiger partial charge in [-0.1, -0.05) is 13.8 Å². The van der Waals surface area contributed by atoms with E-state index in [1.54, 1.807) is 0 Å². The molecule has 13 heavy (non-hydrogen) atoms. The van der Waals surface area contributed by atoms with Gasteiger partial charge in [0.2, 0.25) is 0 Å². The Morgan fingerprint density at radius 1 is 1.69 bits per heavy atom. The van der Waals surface area contributed by atoms with Crippen molar-refractivity contribution in [3.05, 3.63) is 22.2 Å². The van der Waals surface area contributed by atoms with Crippen LogP contribution in [0.5, 0.6) is 0 Å². The van der Waals surface area contributed by atoms with Gasteiger partial charge >= 0.3 is 5.97 Å². The number of hydrogen-bond acceptors (Lipinski definition) is 3. The first-order valence-corrected chi connectivity index (χ1v) is 4.25. The number of aromatic amines is 1. The molecule has 0 amide bonds. The Kier molecular flexibility index (Phi) is 2.77. The van der Waals surface area contributed by atoms with E-state index in [2.05, 4.69) is 9.97 Å². The van der Waals surface area contributed by atoms with E-state index in [1.807, 2.05) is 13.8 Å². The van der Waals surface area contributed by atoms with Crippen LogP contribution in [0.25, 0.3) is 0 Å². The minimum atomic E-state index is -0.984. The van der Waals surface area contributed by atoms with E-state index in [0.29, 0.717) is 10.5 Å². The number of H-pyrrole nitrogens is 1. The fourth-order valence-electron chi connectivity index (χ4n) is 1.03. The molecule has 0 radical (unpaired) electrons. The Hall–Kier alpha value is -1.23. The van der Waals surface area contributed by atoms with Crippen LogP contribution in [-0.4, -0.2) is 21.0 Å². The molecule has 1 heterocycles. The summed E-state index contributed by atoms with van der Waals surface area (Å²) >= 11 is 4.81. The van der Waals surface area contributed by atoms with Gasteiger partial charge in [-0.2, -0.15) is 0 Å². The topological polar surface area (TPSA) is 66.0 Å². The van der Waals surface area contributed by atoms with E-state index >= 15 is 0 Å². The number of carboxylic acids is 1. The van der Waals surface area contributed by atoms with Crippen LogP contribution in [0.2, 0.25) is 0 Å². The van der Waals surface area contributed by atoms with Crippen LogP contribution in [0.1, 0.15) is 35.8 Å². The maximum Gasteiger partial charge on any atom is 0.339 e. The Labute approximate surface area is 80.6 Å². The van der Waals surface area contributed by atoms with Crippen molar-refractivity contribution < 1.29 is 9.90 Å². The van der Waals surface area contributed by atoms with Crippen molar-refractivity contribution in [2.45, 2.75) is 19.8 Å². The third-order valence-electron chi connectivity index (χ3n) is 1.65. The molecule has 0 unspecified atom stereocenters. The second-order valence-electron chi connectivity index (χ2n) is 2.98. The molecule has 0 saturated heterocycles. The average molecular weight is 198 g/mol. The Morgan fingerprint density at radius 2 is 2.31 bits per heavy atom. The summed E-state index contributed by atoms with van der Waals surface area (Å²) in [5.41, 5.74) is 0.802. The highest BCUT2D eigenvalue weighted by atomic mass is 32.1. The van der Waals surface area contributed by atoms with Gasteiger partial charge in [0.1, 0.15) is 0 Å². The molecule has 2 N–H and O–H groups in total. The van der Waals surface area contributed by atoms with Crippen LogP contribution < -0.4 is 0 Å². The summed E-state index contributed by atoms with van der Waals surface area (Å²) in [6.45, 7) is 3.79. The quantitative estimate of drug-likeness (QED) is 0.713. The zero-order chi connectivity index (χ0) is 10.0. The summed E-state index contributed by atoms with van der Waals surface area (Å²) in [6, 6.07) is 0. The number of carboxylic acid groups (broad SMARTS) is 1. The molecule has 0 aliphatic rings. The number of rotatable bonds is 2. The monoisotopic (exact) mass is 198 g/mol. The number of nitrogens with zero attached hydrogens (tertiary/aromatic N) is 1. The van der Waals surface area contributed by atoms with Crippen LogP contribution in [0, 0.1) is 4.77 Å². The number of aromatic nitrogens is 2. The van der Waals surface area contributed by atoms with Crippen LogP contribution >= 0.6 is 12.2 Å². The highest BCUT2D eigenvalue weighted by molar-refractivity contribution is 7.71. The zero-order valence-electron chi connectivity index (χ0n) is 7.37. The molecule has 4 nitrogen and oxygen atoms in total. The molecule has 0 aliphatic carbocycles. The van der Waals surface area contributed by atoms with Gasteiger partial charge in [-0.3, -0.25) is 0 Å². The maximum atomic E-state index is 10.7. The third kappa shape index (κ3) is 2.12. The first-order valence-electron chi connectivity index (χ1n) is 3.85. The van der Waals surface area contributed by atoms with E-state index < -0.39 is 5.97 Å². The molecular formula is C8H10N2O2S. The molecule has 5 heteroatoms. The van der Waals surface area contributed by atoms with E-state index in [1.165, 1.54) is 6.20 Å². The van der Waals surface area contributed by atoms with Gasteiger partial charge in [-0.25, -0.2) is 9.78 Å². The van der Waals surface area contributed by atoms with Crippen molar-refractivity contribution in [1.82, 2.24) is 9.97 Å². The molecule has 70 valence electrons. The summed E-state index contributed by atoms with van der Waals surface area (Å²) in [5.74, 6) is -0.891. The lowest BCUT2D eigenvalue weighted by atomic mass is 10.1. The van der Waals surface area contributed by atoms with Crippen LogP contribution in [0.3, 0.4) is 0 Å². The van der Waals surface area contributed by atoms with Gasteiger partial charge in [0.25, 0.3) is 0 Å². The lowest BCUT2D eigenvalue weighted by Crippen LogP contribution is -2.07. The average Bonchev–Trinajstić information content (AvgIpc) is 2.03. The summed E-state index contributed by atoms with van der Waals surface area (Å²) in [7, 11) is 0. The number of nitrogens with one attached hydrogen (secondary N) is 1. The van der Waals surface area contributed by atoms with E-state index in [-0.39, 0.29) is 11.5 Å². The van der Waals surface area contributed by atoms with Crippen LogP contribution in [0.15, 0.2) is 6.20 Å². The second kappa shape index (κ2) is 3.66. The summed E-state index contributed by atoms with van der Waals surface area (Å²) < 4.78 is 0.314. The van der Waals surface area contributed by atoms with Crippen molar-refractivity contribution in [2.75, 3.05) is 0 Å². The zero-order valence-corrected chi connectivity index (χ0v) is 8.18. The van der Waals surface area contributed by atoms with Crippen LogP contribution in [0.4, 0.5) is 0 Å². The normalized spacial score (nSPS) is 10.4. The molecule has 0 spiro atoms. The van der Waals surface area contributed by atoms with Crippen LogP contribution in [-0.2, 0) is 0 Å². The SMILES string of the molecule is CC(C)c1[nH]c(=S)ncc1C(=O)O. The first kappa shape index (κ1) is 9.85. The molecule has 0 atom stereocenters. The maximum absolute atomic E-state index is 10.7. The predicted molar refractivity (Wildman–Crippen MR) is 50.5 cm³/mol. The molecule has 0 saturated carbocycles. The fraction of sp³-hybridized carbons (Fsp3) is 0.375. The van der Waals surface area contributed by atoms with Gasteiger partial charge in [-0.15, -0.1) is 0 Å². The molecule has 1 aromatic heterocycles. The predicted octanol–water partition coefficient (Wildman–Crippen LogP) is 1.96. The van der Waals surface area contributed by atoms with Gasteiger partial charge in [0.05, 0.1) is 5.56 Å². The molecular weight excluding hydrogens is 188 g/mol. The van der Waals surface area contributed by atoms with Crippen molar-refractivity contribution in [1.29, 1.82) is 0 Å². The van der Waals surface area contributed by atoms with Gasteiger partial charge < -0.3 is 10.1 Å². The van der Waals surface area contributed by atoms with E-state index in [4.69, 9.17) is 17.3 Å².